The second kappa shape index (κ2) is 7.65. The molecule has 0 spiro atoms. The van der Waals surface area contributed by atoms with E-state index in [1.807, 2.05) is 23.9 Å². The zero-order chi connectivity index (χ0) is 17.8. The number of aromatic nitrogens is 4. The predicted molar refractivity (Wildman–Crippen MR) is 98.5 cm³/mol. The lowest BCUT2D eigenvalue weighted by Crippen LogP contribution is -2.03. The van der Waals surface area contributed by atoms with Crippen LogP contribution in [-0.2, 0) is 23.0 Å². The molecule has 0 saturated heterocycles. The summed E-state index contributed by atoms with van der Waals surface area (Å²) in [6.07, 6.45) is 7.46. The van der Waals surface area contributed by atoms with E-state index in [0.29, 0.717) is 0 Å². The second-order valence-electron chi connectivity index (χ2n) is 5.67. The third-order valence-corrected chi connectivity index (χ3v) is 4.92. The highest BCUT2D eigenvalue weighted by Gasteiger charge is 2.16. The number of pyridine rings is 2. The van der Waals surface area contributed by atoms with Gasteiger partial charge in [0, 0.05) is 36.1 Å². The van der Waals surface area contributed by atoms with Crippen LogP contribution in [0.3, 0.4) is 0 Å². The average Bonchev–Trinajstić information content (AvgIpc) is 2.96. The highest BCUT2D eigenvalue weighted by molar-refractivity contribution is 8.00. The second-order valence-corrected chi connectivity index (χ2v) is 6.68. The van der Waals surface area contributed by atoms with Crippen LogP contribution in [0.1, 0.15) is 18.9 Å². The maximum atomic E-state index is 11.4. The quantitative estimate of drug-likeness (QED) is 0.499. The van der Waals surface area contributed by atoms with Crippen LogP contribution in [-0.4, -0.2) is 38.4 Å². The molecular weight excluding hydrogens is 336 g/mol. The zero-order valence-corrected chi connectivity index (χ0v) is 15.3. The molecule has 0 unspecified atom stereocenters. The van der Waals surface area contributed by atoms with E-state index in [2.05, 4.69) is 23.0 Å². The number of imidazole rings is 1. The van der Waals surface area contributed by atoms with E-state index >= 15 is 0 Å². The van der Waals surface area contributed by atoms with Crippen LogP contribution in [0.4, 0.5) is 0 Å². The van der Waals surface area contributed by atoms with Crippen molar-refractivity contribution in [2.45, 2.75) is 24.7 Å². The molecule has 7 heteroatoms. The van der Waals surface area contributed by atoms with Crippen LogP contribution in [0.25, 0.3) is 22.6 Å². The molecule has 0 amide bonds. The highest BCUT2D eigenvalue weighted by Crippen LogP contribution is 2.31. The summed E-state index contributed by atoms with van der Waals surface area (Å²) >= 11 is 1.39. The number of aryl methyl sites for hydroxylation is 2. The minimum absolute atomic E-state index is 0.234. The van der Waals surface area contributed by atoms with Crippen LogP contribution in [0, 0.1) is 0 Å². The summed E-state index contributed by atoms with van der Waals surface area (Å²) in [5.41, 5.74) is 3.84. The number of methoxy groups -OCH3 is 1. The minimum atomic E-state index is -0.268. The van der Waals surface area contributed by atoms with E-state index < -0.39 is 0 Å². The van der Waals surface area contributed by atoms with Crippen molar-refractivity contribution < 1.29 is 9.53 Å². The van der Waals surface area contributed by atoms with Gasteiger partial charge in [-0.15, -0.1) is 11.8 Å². The van der Waals surface area contributed by atoms with Gasteiger partial charge in [-0.05, 0) is 24.1 Å². The number of nitrogens with zero attached hydrogens (tertiary/aromatic N) is 4. The number of fused-ring (bicyclic) bond motifs is 1. The Hall–Kier alpha value is -2.41. The first-order valence-electron chi connectivity index (χ1n) is 8.09. The van der Waals surface area contributed by atoms with Crippen LogP contribution >= 0.6 is 11.8 Å². The maximum Gasteiger partial charge on any atom is 0.315 e. The van der Waals surface area contributed by atoms with Crippen molar-refractivity contribution in [2.24, 2.45) is 7.05 Å². The molecule has 0 aliphatic carbocycles. The fourth-order valence-electron chi connectivity index (χ4n) is 2.66. The Bertz CT molecular complexity index is 907. The molecule has 0 fully saturated rings. The number of hydrogen-bond acceptors (Lipinski definition) is 6. The summed E-state index contributed by atoms with van der Waals surface area (Å²) in [5, 5.41) is 0. The van der Waals surface area contributed by atoms with Gasteiger partial charge >= 0.3 is 5.97 Å². The van der Waals surface area contributed by atoms with Crippen molar-refractivity contribution in [1.82, 2.24) is 19.5 Å². The van der Waals surface area contributed by atoms with Crippen LogP contribution < -0.4 is 0 Å². The molecule has 0 atom stereocenters. The molecule has 0 aliphatic rings. The summed E-state index contributed by atoms with van der Waals surface area (Å²) in [4.78, 5) is 25.8. The zero-order valence-electron chi connectivity index (χ0n) is 14.5. The van der Waals surface area contributed by atoms with Gasteiger partial charge in [0.25, 0.3) is 0 Å². The van der Waals surface area contributed by atoms with Gasteiger partial charge in [0.05, 0.1) is 12.9 Å². The van der Waals surface area contributed by atoms with E-state index in [4.69, 9.17) is 9.72 Å². The van der Waals surface area contributed by atoms with Gasteiger partial charge in [-0.25, -0.2) is 9.97 Å². The van der Waals surface area contributed by atoms with Gasteiger partial charge in [0.15, 0.2) is 5.65 Å². The number of carbonyl (C=O) groups excluding carboxylic acids is 1. The Kier molecular flexibility index (Phi) is 5.33. The van der Waals surface area contributed by atoms with Crippen molar-refractivity contribution in [1.29, 1.82) is 0 Å². The third kappa shape index (κ3) is 3.66. The first-order valence-corrected chi connectivity index (χ1v) is 9.08. The Morgan fingerprint density at radius 3 is 2.96 bits per heavy atom. The standard InChI is InChI=1S/C18H20N4O2S/c1-4-5-12-8-14-18(20-9-12)22(2)17(21-14)13-6-7-19-10-15(13)25-11-16(23)24-3/h6-10H,4-5,11H2,1-3H3. The number of hydrogen-bond donors (Lipinski definition) is 0. The van der Waals surface area contributed by atoms with E-state index in [0.717, 1.165) is 40.3 Å². The summed E-state index contributed by atoms with van der Waals surface area (Å²) in [6, 6.07) is 4.01. The number of thioether (sulfide) groups is 1. The lowest BCUT2D eigenvalue weighted by Gasteiger charge is -2.08. The summed E-state index contributed by atoms with van der Waals surface area (Å²) in [5.74, 6) is 0.777. The smallest absolute Gasteiger partial charge is 0.315 e. The van der Waals surface area contributed by atoms with E-state index in [1.165, 1.54) is 24.4 Å². The first-order chi connectivity index (χ1) is 12.1. The molecule has 0 bridgehead atoms. The Balaban J connectivity index is 2.01. The largest absolute Gasteiger partial charge is 0.468 e. The van der Waals surface area contributed by atoms with Crippen molar-refractivity contribution in [2.75, 3.05) is 12.9 Å². The molecule has 0 N–H and O–H groups in total. The fraction of sp³-hybridized carbons (Fsp3) is 0.333. The highest BCUT2D eigenvalue weighted by atomic mass is 32.2. The first kappa shape index (κ1) is 17.4. The monoisotopic (exact) mass is 356 g/mol. The summed E-state index contributed by atoms with van der Waals surface area (Å²) in [7, 11) is 3.34. The van der Waals surface area contributed by atoms with E-state index in [1.54, 1.807) is 12.4 Å². The van der Waals surface area contributed by atoms with E-state index in [-0.39, 0.29) is 11.7 Å². The van der Waals surface area contributed by atoms with Gasteiger partial charge in [-0.2, -0.15) is 0 Å². The number of esters is 1. The van der Waals surface area contributed by atoms with Gasteiger partial charge in [0.2, 0.25) is 0 Å². The number of carbonyl (C=O) groups is 1. The molecule has 6 nitrogen and oxygen atoms in total. The lowest BCUT2D eigenvalue weighted by atomic mass is 10.2. The van der Waals surface area contributed by atoms with Crippen LogP contribution in [0.5, 0.6) is 0 Å². The van der Waals surface area contributed by atoms with Crippen molar-refractivity contribution in [3.63, 3.8) is 0 Å². The maximum absolute atomic E-state index is 11.4. The number of rotatable bonds is 6. The van der Waals surface area contributed by atoms with Crippen molar-refractivity contribution >= 4 is 28.9 Å². The average molecular weight is 356 g/mol. The molecular formula is C18H20N4O2S. The SMILES string of the molecule is CCCc1cnc2c(c1)nc(-c1ccncc1SCC(=O)OC)n2C. The Labute approximate surface area is 150 Å². The molecule has 3 heterocycles. The van der Waals surface area contributed by atoms with Gasteiger partial charge < -0.3 is 9.30 Å². The number of ether oxygens (including phenoxy) is 1. The molecule has 0 aromatic carbocycles. The molecule has 25 heavy (non-hydrogen) atoms. The van der Waals surface area contributed by atoms with Gasteiger partial charge in [0.1, 0.15) is 11.3 Å². The molecule has 3 aromatic rings. The minimum Gasteiger partial charge on any atom is -0.468 e. The van der Waals surface area contributed by atoms with Crippen molar-refractivity contribution in [3.05, 3.63) is 36.3 Å². The molecule has 0 saturated carbocycles. The molecule has 130 valence electrons. The lowest BCUT2D eigenvalue weighted by molar-refractivity contribution is -0.137. The van der Waals surface area contributed by atoms with Crippen LogP contribution in [0.15, 0.2) is 35.6 Å². The normalized spacial score (nSPS) is 11.0. The fourth-order valence-corrected chi connectivity index (χ4v) is 3.50. The molecule has 0 aliphatic heterocycles. The summed E-state index contributed by atoms with van der Waals surface area (Å²) < 4.78 is 6.69. The molecule has 3 aromatic heterocycles. The topological polar surface area (TPSA) is 69.9 Å². The third-order valence-electron chi connectivity index (χ3n) is 3.90. The van der Waals surface area contributed by atoms with Crippen molar-refractivity contribution in [3.8, 4) is 11.4 Å². The van der Waals surface area contributed by atoms with Gasteiger partial charge in [-0.1, -0.05) is 13.3 Å². The molecule has 0 radical (unpaired) electrons. The Morgan fingerprint density at radius 1 is 1.36 bits per heavy atom. The Morgan fingerprint density at radius 2 is 2.20 bits per heavy atom. The van der Waals surface area contributed by atoms with E-state index in [9.17, 15) is 4.79 Å². The summed E-state index contributed by atoms with van der Waals surface area (Å²) in [6.45, 7) is 2.15. The predicted octanol–water partition coefficient (Wildman–Crippen LogP) is 3.25. The van der Waals surface area contributed by atoms with Crippen LogP contribution in [0.2, 0.25) is 0 Å². The molecule has 3 rings (SSSR count). The van der Waals surface area contributed by atoms with Gasteiger partial charge in [-0.3, -0.25) is 9.78 Å².